The van der Waals surface area contributed by atoms with Gasteiger partial charge in [0, 0.05) is 0 Å². The molecule has 0 aromatic rings. The summed E-state index contributed by atoms with van der Waals surface area (Å²) in [6.45, 7) is 2.52. The van der Waals surface area contributed by atoms with Gasteiger partial charge >= 0.3 is 0 Å². The molecule has 1 fully saturated rings. The van der Waals surface area contributed by atoms with Crippen LogP contribution in [0.1, 0.15) is 84.0 Å². The van der Waals surface area contributed by atoms with Gasteiger partial charge in [0.2, 0.25) is 0 Å². The molecule has 5 heteroatoms. The first-order chi connectivity index (χ1) is 13.2. The SMILES string of the molecule is CCCCCCCCCCCC/C=C/CCO[C@H]1[C@H](O)[C@@H](O)CO[C@@H]1CO. The largest absolute Gasteiger partial charge is 0.394 e. The molecular weight excluding hydrogens is 344 g/mol. The molecule has 0 aliphatic carbocycles. The van der Waals surface area contributed by atoms with Crippen LogP contribution in [0.4, 0.5) is 0 Å². The van der Waals surface area contributed by atoms with Gasteiger partial charge in [-0.05, 0) is 19.3 Å². The van der Waals surface area contributed by atoms with E-state index in [4.69, 9.17) is 9.47 Å². The zero-order valence-corrected chi connectivity index (χ0v) is 17.2. The van der Waals surface area contributed by atoms with Crippen molar-refractivity contribution in [3.63, 3.8) is 0 Å². The van der Waals surface area contributed by atoms with Crippen molar-refractivity contribution in [3.8, 4) is 0 Å². The normalized spacial score (nSPS) is 26.1. The summed E-state index contributed by atoms with van der Waals surface area (Å²) in [6, 6.07) is 0. The molecule has 1 saturated heterocycles. The van der Waals surface area contributed by atoms with Crippen molar-refractivity contribution in [3.05, 3.63) is 12.2 Å². The molecule has 3 N–H and O–H groups in total. The van der Waals surface area contributed by atoms with Crippen molar-refractivity contribution < 1.29 is 24.8 Å². The van der Waals surface area contributed by atoms with Crippen LogP contribution in [0.3, 0.4) is 0 Å². The van der Waals surface area contributed by atoms with Gasteiger partial charge in [0.1, 0.15) is 24.4 Å². The lowest BCUT2D eigenvalue weighted by Gasteiger charge is -2.37. The first-order valence-corrected chi connectivity index (χ1v) is 11.1. The molecule has 0 saturated carbocycles. The summed E-state index contributed by atoms with van der Waals surface area (Å²) in [4.78, 5) is 0. The van der Waals surface area contributed by atoms with Crippen LogP contribution in [0.25, 0.3) is 0 Å². The van der Waals surface area contributed by atoms with Crippen LogP contribution in [0.15, 0.2) is 12.2 Å². The predicted molar refractivity (Wildman–Crippen MR) is 109 cm³/mol. The molecule has 27 heavy (non-hydrogen) atoms. The van der Waals surface area contributed by atoms with Crippen molar-refractivity contribution in [1.29, 1.82) is 0 Å². The minimum atomic E-state index is -1.01. The molecule has 0 spiro atoms. The van der Waals surface area contributed by atoms with E-state index >= 15 is 0 Å². The first kappa shape index (κ1) is 24.6. The molecule has 0 radical (unpaired) electrons. The lowest BCUT2D eigenvalue weighted by Crippen LogP contribution is -2.55. The highest BCUT2D eigenvalue weighted by molar-refractivity contribution is 4.88. The van der Waals surface area contributed by atoms with Gasteiger partial charge in [0.25, 0.3) is 0 Å². The third kappa shape index (κ3) is 11.2. The van der Waals surface area contributed by atoms with Gasteiger partial charge in [-0.15, -0.1) is 0 Å². The van der Waals surface area contributed by atoms with E-state index in [0.717, 1.165) is 12.8 Å². The number of aliphatic hydroxyl groups excluding tert-OH is 3. The van der Waals surface area contributed by atoms with Crippen LogP contribution >= 0.6 is 0 Å². The first-order valence-electron chi connectivity index (χ1n) is 11.1. The fraction of sp³-hybridized carbons (Fsp3) is 0.909. The number of hydrogen-bond acceptors (Lipinski definition) is 5. The molecule has 4 atom stereocenters. The Morgan fingerprint density at radius 2 is 1.48 bits per heavy atom. The van der Waals surface area contributed by atoms with Crippen molar-refractivity contribution >= 4 is 0 Å². The standard InChI is InChI=1S/C22H42O5/c1-2-3-4-5-6-7-8-9-10-11-12-13-14-15-16-26-22-20(17-23)27-18-19(24)21(22)25/h13-14,19-25H,2-12,15-18H2,1H3/b14-13+/t19-,20+,21+,22+/m0/s1. The Kier molecular flexibility index (Phi) is 15.0. The maximum absolute atomic E-state index is 9.97. The summed E-state index contributed by atoms with van der Waals surface area (Å²) in [7, 11) is 0. The second-order valence-corrected chi connectivity index (χ2v) is 7.68. The molecule has 1 rings (SSSR count). The number of unbranched alkanes of at least 4 members (excludes halogenated alkanes) is 10. The smallest absolute Gasteiger partial charge is 0.114 e. The molecular formula is C22H42O5. The molecule has 1 heterocycles. The van der Waals surface area contributed by atoms with Gasteiger partial charge in [-0.2, -0.15) is 0 Å². The minimum Gasteiger partial charge on any atom is -0.394 e. The quantitative estimate of drug-likeness (QED) is 0.278. The van der Waals surface area contributed by atoms with E-state index in [-0.39, 0.29) is 13.2 Å². The Balaban J connectivity index is 1.94. The zero-order valence-electron chi connectivity index (χ0n) is 17.2. The zero-order chi connectivity index (χ0) is 19.7. The molecule has 1 aliphatic heterocycles. The van der Waals surface area contributed by atoms with Gasteiger partial charge in [-0.1, -0.05) is 76.9 Å². The maximum Gasteiger partial charge on any atom is 0.114 e. The highest BCUT2D eigenvalue weighted by Gasteiger charge is 2.39. The molecule has 5 nitrogen and oxygen atoms in total. The van der Waals surface area contributed by atoms with E-state index in [0.29, 0.717) is 6.61 Å². The Morgan fingerprint density at radius 1 is 0.889 bits per heavy atom. The van der Waals surface area contributed by atoms with E-state index in [2.05, 4.69) is 19.1 Å². The number of aliphatic hydroxyl groups is 3. The summed E-state index contributed by atoms with van der Waals surface area (Å²) in [5, 5.41) is 28.9. The second kappa shape index (κ2) is 16.5. The monoisotopic (exact) mass is 386 g/mol. The van der Waals surface area contributed by atoms with Crippen LogP contribution < -0.4 is 0 Å². The average molecular weight is 387 g/mol. The van der Waals surface area contributed by atoms with Crippen molar-refractivity contribution in [2.75, 3.05) is 19.8 Å². The van der Waals surface area contributed by atoms with Crippen LogP contribution in [0.2, 0.25) is 0 Å². The summed E-state index contributed by atoms with van der Waals surface area (Å²) >= 11 is 0. The molecule has 0 aromatic carbocycles. The Labute approximate surface area is 165 Å². The molecule has 0 bridgehead atoms. The van der Waals surface area contributed by atoms with E-state index < -0.39 is 24.4 Å². The summed E-state index contributed by atoms with van der Waals surface area (Å²) in [6.07, 6.45) is 16.5. The van der Waals surface area contributed by atoms with Crippen molar-refractivity contribution in [1.82, 2.24) is 0 Å². The molecule has 0 unspecified atom stereocenters. The molecule has 0 amide bonds. The minimum absolute atomic E-state index is 0.0328. The topological polar surface area (TPSA) is 79.2 Å². The molecule has 1 aliphatic rings. The van der Waals surface area contributed by atoms with Gasteiger partial charge < -0.3 is 24.8 Å². The van der Waals surface area contributed by atoms with Crippen LogP contribution in [-0.4, -0.2) is 59.6 Å². The number of rotatable bonds is 16. The third-order valence-corrected chi connectivity index (χ3v) is 5.24. The van der Waals surface area contributed by atoms with Gasteiger partial charge in [0.15, 0.2) is 0 Å². The molecule has 0 aromatic heterocycles. The highest BCUT2D eigenvalue weighted by Crippen LogP contribution is 2.19. The number of hydrogen-bond donors (Lipinski definition) is 3. The van der Waals surface area contributed by atoms with Crippen molar-refractivity contribution in [2.45, 2.75) is 108 Å². The number of ether oxygens (including phenoxy) is 2. The molecule has 160 valence electrons. The summed E-state index contributed by atoms with van der Waals surface area (Å²) < 4.78 is 10.9. The second-order valence-electron chi connectivity index (χ2n) is 7.68. The Morgan fingerprint density at radius 3 is 2.11 bits per heavy atom. The lowest BCUT2D eigenvalue weighted by atomic mass is 10.0. The van der Waals surface area contributed by atoms with Gasteiger partial charge in [-0.3, -0.25) is 0 Å². The fourth-order valence-electron chi connectivity index (χ4n) is 3.47. The van der Waals surface area contributed by atoms with Crippen LogP contribution in [0, 0.1) is 0 Å². The van der Waals surface area contributed by atoms with E-state index in [1.54, 1.807) is 0 Å². The Bertz CT molecular complexity index is 359. The Hall–Kier alpha value is -0.460. The van der Waals surface area contributed by atoms with E-state index in [1.807, 2.05) is 0 Å². The maximum atomic E-state index is 9.97. The predicted octanol–water partition coefficient (Wildman–Crippen LogP) is 3.74. The fourth-order valence-corrected chi connectivity index (χ4v) is 3.47. The number of allylic oxidation sites excluding steroid dienone is 1. The van der Waals surface area contributed by atoms with Gasteiger partial charge in [0.05, 0.1) is 19.8 Å². The summed E-state index contributed by atoms with van der Waals surface area (Å²) in [5.74, 6) is 0. The third-order valence-electron chi connectivity index (χ3n) is 5.24. The van der Waals surface area contributed by atoms with E-state index in [1.165, 1.54) is 64.2 Å². The summed E-state index contributed by atoms with van der Waals surface area (Å²) in [5.41, 5.74) is 0. The van der Waals surface area contributed by atoms with Crippen LogP contribution in [0.5, 0.6) is 0 Å². The van der Waals surface area contributed by atoms with Crippen LogP contribution in [-0.2, 0) is 9.47 Å². The van der Waals surface area contributed by atoms with Gasteiger partial charge in [-0.25, -0.2) is 0 Å². The lowest BCUT2D eigenvalue weighted by molar-refractivity contribution is -0.211. The van der Waals surface area contributed by atoms with Crippen molar-refractivity contribution in [2.24, 2.45) is 0 Å². The highest BCUT2D eigenvalue weighted by atomic mass is 16.6. The van der Waals surface area contributed by atoms with E-state index in [9.17, 15) is 15.3 Å². The average Bonchev–Trinajstić information content (AvgIpc) is 2.68.